The Morgan fingerprint density at radius 1 is 1.12 bits per heavy atom. The van der Waals surface area contributed by atoms with Crippen LogP contribution in [0.5, 0.6) is 0 Å². The first-order valence-corrected chi connectivity index (χ1v) is 9.26. The quantitative estimate of drug-likeness (QED) is 0.730. The number of carbonyl (C=O) groups excluding carboxylic acids is 3. The van der Waals surface area contributed by atoms with E-state index in [1.165, 1.54) is 0 Å². The maximum Gasteiger partial charge on any atom is 0.407 e. The SMILES string of the molecule is CCOC(=O)NC(C(=O)NC1CCN(C(=O)CC(C)C)CC1)C(C)C. The summed E-state index contributed by atoms with van der Waals surface area (Å²) in [5.41, 5.74) is 0. The summed E-state index contributed by atoms with van der Waals surface area (Å²) in [6.45, 7) is 11.1. The number of hydrogen-bond acceptors (Lipinski definition) is 4. The van der Waals surface area contributed by atoms with Crippen molar-refractivity contribution in [2.75, 3.05) is 19.7 Å². The van der Waals surface area contributed by atoms with Crippen molar-refractivity contribution in [3.05, 3.63) is 0 Å². The third-order valence-electron chi connectivity index (χ3n) is 4.27. The fourth-order valence-corrected chi connectivity index (χ4v) is 2.88. The lowest BCUT2D eigenvalue weighted by Crippen LogP contribution is -2.54. The van der Waals surface area contributed by atoms with Gasteiger partial charge in [0.2, 0.25) is 11.8 Å². The van der Waals surface area contributed by atoms with Crippen LogP contribution in [0.15, 0.2) is 0 Å². The Kier molecular flexibility index (Phi) is 8.72. The second-order valence-corrected chi connectivity index (χ2v) is 7.35. The predicted molar refractivity (Wildman–Crippen MR) is 96.0 cm³/mol. The van der Waals surface area contributed by atoms with Gasteiger partial charge in [0.15, 0.2) is 0 Å². The van der Waals surface area contributed by atoms with Crippen molar-refractivity contribution in [3.8, 4) is 0 Å². The minimum atomic E-state index is -0.625. The highest BCUT2D eigenvalue weighted by molar-refractivity contribution is 5.86. The molecule has 144 valence electrons. The maximum atomic E-state index is 12.5. The second kappa shape index (κ2) is 10.3. The molecule has 0 radical (unpaired) electrons. The standard InChI is InChI=1S/C18H33N3O4/c1-6-25-18(24)20-16(13(4)5)17(23)19-14-7-9-21(10-8-14)15(22)11-12(2)3/h12-14,16H,6-11H2,1-5H3,(H,19,23)(H,20,24). The largest absolute Gasteiger partial charge is 0.450 e. The second-order valence-electron chi connectivity index (χ2n) is 7.35. The van der Waals surface area contributed by atoms with Crippen molar-refractivity contribution in [1.29, 1.82) is 0 Å². The van der Waals surface area contributed by atoms with Gasteiger partial charge in [0.1, 0.15) is 6.04 Å². The molecule has 3 amide bonds. The van der Waals surface area contributed by atoms with Crippen molar-refractivity contribution in [2.45, 2.75) is 66.0 Å². The van der Waals surface area contributed by atoms with Crippen LogP contribution in [-0.2, 0) is 14.3 Å². The average Bonchev–Trinajstić information content (AvgIpc) is 2.52. The van der Waals surface area contributed by atoms with Gasteiger partial charge in [-0.15, -0.1) is 0 Å². The van der Waals surface area contributed by atoms with Gasteiger partial charge < -0.3 is 20.3 Å². The van der Waals surface area contributed by atoms with Crippen molar-refractivity contribution in [2.24, 2.45) is 11.8 Å². The molecule has 1 atom stereocenters. The summed E-state index contributed by atoms with van der Waals surface area (Å²) in [6, 6.07) is -0.597. The first-order valence-electron chi connectivity index (χ1n) is 9.26. The highest BCUT2D eigenvalue weighted by Crippen LogP contribution is 2.14. The van der Waals surface area contributed by atoms with Gasteiger partial charge >= 0.3 is 6.09 Å². The maximum absolute atomic E-state index is 12.5. The fraction of sp³-hybridized carbons (Fsp3) is 0.833. The van der Waals surface area contributed by atoms with Gasteiger partial charge in [0.25, 0.3) is 0 Å². The van der Waals surface area contributed by atoms with Crippen LogP contribution in [0.25, 0.3) is 0 Å². The zero-order chi connectivity index (χ0) is 19.0. The van der Waals surface area contributed by atoms with Crippen molar-refractivity contribution >= 4 is 17.9 Å². The Morgan fingerprint density at radius 2 is 1.72 bits per heavy atom. The number of nitrogens with zero attached hydrogens (tertiary/aromatic N) is 1. The van der Waals surface area contributed by atoms with Crippen molar-refractivity contribution < 1.29 is 19.1 Å². The summed E-state index contributed by atoms with van der Waals surface area (Å²) in [4.78, 5) is 38.1. The van der Waals surface area contributed by atoms with Crippen LogP contribution in [0, 0.1) is 11.8 Å². The van der Waals surface area contributed by atoms with Crippen LogP contribution < -0.4 is 10.6 Å². The van der Waals surface area contributed by atoms with Crippen LogP contribution in [0.1, 0.15) is 53.9 Å². The Labute approximate surface area is 150 Å². The van der Waals surface area contributed by atoms with E-state index >= 15 is 0 Å². The first-order chi connectivity index (χ1) is 11.7. The smallest absolute Gasteiger partial charge is 0.407 e. The van der Waals surface area contributed by atoms with Gasteiger partial charge in [-0.3, -0.25) is 9.59 Å². The molecule has 7 heteroatoms. The summed E-state index contributed by atoms with van der Waals surface area (Å²) < 4.78 is 4.86. The lowest BCUT2D eigenvalue weighted by atomic mass is 10.00. The molecule has 1 heterocycles. The van der Waals surface area contributed by atoms with Crippen LogP contribution >= 0.6 is 0 Å². The zero-order valence-electron chi connectivity index (χ0n) is 16.1. The first kappa shape index (κ1) is 21.3. The summed E-state index contributed by atoms with van der Waals surface area (Å²) >= 11 is 0. The number of carbonyl (C=O) groups is 3. The van der Waals surface area contributed by atoms with E-state index in [1.54, 1.807) is 6.92 Å². The molecule has 1 saturated heterocycles. The molecule has 0 spiro atoms. The molecule has 1 aliphatic heterocycles. The third-order valence-corrected chi connectivity index (χ3v) is 4.27. The number of hydrogen-bond donors (Lipinski definition) is 2. The Hall–Kier alpha value is -1.79. The van der Waals surface area contributed by atoms with Crippen LogP contribution in [-0.4, -0.2) is 54.6 Å². The molecule has 7 nitrogen and oxygen atoms in total. The minimum absolute atomic E-state index is 0.0286. The summed E-state index contributed by atoms with van der Waals surface area (Å²) in [5, 5.41) is 5.62. The monoisotopic (exact) mass is 355 g/mol. The molecule has 0 bridgehead atoms. The molecular formula is C18H33N3O4. The number of alkyl carbamates (subject to hydrolysis) is 1. The lowest BCUT2D eigenvalue weighted by Gasteiger charge is -2.34. The minimum Gasteiger partial charge on any atom is -0.450 e. The molecule has 1 rings (SSSR count). The van der Waals surface area contributed by atoms with E-state index in [0.717, 1.165) is 12.8 Å². The van der Waals surface area contributed by atoms with Gasteiger partial charge in [0.05, 0.1) is 6.61 Å². The normalized spacial score (nSPS) is 16.7. The van der Waals surface area contributed by atoms with E-state index in [4.69, 9.17) is 4.74 Å². The zero-order valence-corrected chi connectivity index (χ0v) is 16.1. The van der Waals surface area contributed by atoms with Crippen LogP contribution in [0.4, 0.5) is 4.79 Å². The van der Waals surface area contributed by atoms with E-state index < -0.39 is 12.1 Å². The summed E-state index contributed by atoms with van der Waals surface area (Å²) in [5.74, 6) is 0.293. The highest BCUT2D eigenvalue weighted by atomic mass is 16.5. The number of nitrogens with one attached hydrogen (secondary N) is 2. The van der Waals surface area contributed by atoms with Crippen molar-refractivity contribution in [1.82, 2.24) is 15.5 Å². The summed E-state index contributed by atoms with van der Waals surface area (Å²) in [6.07, 6.45) is 1.46. The van der Waals surface area contributed by atoms with E-state index in [2.05, 4.69) is 10.6 Å². The van der Waals surface area contributed by atoms with E-state index in [0.29, 0.717) is 25.4 Å². The molecule has 0 aromatic rings. The number of likely N-dealkylation sites (tertiary alicyclic amines) is 1. The highest BCUT2D eigenvalue weighted by Gasteiger charge is 2.29. The molecule has 0 aliphatic carbocycles. The van der Waals surface area contributed by atoms with Gasteiger partial charge in [-0.2, -0.15) is 0 Å². The number of rotatable bonds is 7. The number of piperidine rings is 1. The van der Waals surface area contributed by atoms with Gasteiger partial charge in [-0.05, 0) is 31.6 Å². The molecule has 0 aromatic carbocycles. The van der Waals surface area contributed by atoms with Crippen LogP contribution in [0.2, 0.25) is 0 Å². The molecule has 1 fully saturated rings. The Morgan fingerprint density at radius 3 is 2.20 bits per heavy atom. The Balaban J connectivity index is 2.48. The Bertz CT molecular complexity index is 457. The topological polar surface area (TPSA) is 87.7 Å². The third kappa shape index (κ3) is 7.32. The van der Waals surface area contributed by atoms with Gasteiger partial charge in [-0.25, -0.2) is 4.79 Å². The fourth-order valence-electron chi connectivity index (χ4n) is 2.88. The number of amides is 3. The average molecular weight is 355 g/mol. The van der Waals surface area contributed by atoms with Crippen LogP contribution in [0.3, 0.4) is 0 Å². The molecule has 25 heavy (non-hydrogen) atoms. The van der Waals surface area contributed by atoms with E-state index in [1.807, 2.05) is 32.6 Å². The van der Waals surface area contributed by atoms with E-state index in [9.17, 15) is 14.4 Å². The molecule has 2 N–H and O–H groups in total. The predicted octanol–water partition coefficient (Wildman–Crippen LogP) is 1.91. The number of ether oxygens (including phenoxy) is 1. The summed E-state index contributed by atoms with van der Waals surface area (Å²) in [7, 11) is 0. The van der Waals surface area contributed by atoms with Gasteiger partial charge in [0, 0.05) is 25.6 Å². The molecule has 1 unspecified atom stereocenters. The molecule has 0 aromatic heterocycles. The molecular weight excluding hydrogens is 322 g/mol. The lowest BCUT2D eigenvalue weighted by molar-refractivity contribution is -0.133. The van der Waals surface area contributed by atoms with Crippen molar-refractivity contribution in [3.63, 3.8) is 0 Å². The molecule has 1 aliphatic rings. The molecule has 0 saturated carbocycles. The van der Waals surface area contributed by atoms with E-state index in [-0.39, 0.29) is 30.4 Å². The van der Waals surface area contributed by atoms with Gasteiger partial charge in [-0.1, -0.05) is 27.7 Å².